The zero-order chi connectivity index (χ0) is 15.2. The van der Waals surface area contributed by atoms with Gasteiger partial charge in [0.15, 0.2) is 0 Å². The van der Waals surface area contributed by atoms with Crippen LogP contribution in [-0.4, -0.2) is 17.4 Å². The molecule has 2 N–H and O–H groups in total. The molecule has 0 unspecified atom stereocenters. The maximum absolute atomic E-state index is 12.2. The number of hydrogen-bond donors (Lipinski definition) is 2. The summed E-state index contributed by atoms with van der Waals surface area (Å²) in [7, 11) is 0. The summed E-state index contributed by atoms with van der Waals surface area (Å²) in [6.45, 7) is 2.89. The molecule has 0 aliphatic carbocycles. The number of anilines is 2. The lowest BCUT2D eigenvalue weighted by Gasteiger charge is -2.09. The molecule has 1 aromatic heterocycles. The van der Waals surface area contributed by atoms with Gasteiger partial charge in [0.2, 0.25) is 0 Å². The van der Waals surface area contributed by atoms with Gasteiger partial charge in [0.25, 0.3) is 5.91 Å². The van der Waals surface area contributed by atoms with Crippen LogP contribution in [0.1, 0.15) is 23.8 Å². The predicted octanol–water partition coefficient (Wildman–Crippen LogP) is 4.57. The van der Waals surface area contributed by atoms with E-state index in [2.05, 4.69) is 38.5 Å². The van der Waals surface area contributed by atoms with Gasteiger partial charge in [-0.15, -0.1) is 0 Å². The molecular weight excluding hydrogens is 354 g/mol. The predicted molar refractivity (Wildman–Crippen MR) is 90.1 cm³/mol. The molecule has 0 spiro atoms. The zero-order valence-electron chi connectivity index (χ0n) is 11.5. The molecule has 0 saturated heterocycles. The quantitative estimate of drug-likeness (QED) is 0.812. The first-order valence-corrected chi connectivity index (χ1v) is 7.74. The van der Waals surface area contributed by atoms with Crippen molar-refractivity contribution in [3.63, 3.8) is 0 Å². The summed E-state index contributed by atoms with van der Waals surface area (Å²) in [6, 6.07) is 10.5. The standard InChI is InChI=1S/C15H15BrClN3O/c1-2-8-18-14-5-3-4-12(19-14)15(21)20-13-9-10(17)6-7-11(13)16/h3-7,9H,2,8H2,1H3,(H,18,19)(H,20,21). The van der Waals surface area contributed by atoms with Gasteiger partial charge in [0.1, 0.15) is 11.5 Å². The van der Waals surface area contributed by atoms with E-state index < -0.39 is 0 Å². The van der Waals surface area contributed by atoms with Gasteiger partial charge in [0, 0.05) is 16.0 Å². The van der Waals surface area contributed by atoms with E-state index >= 15 is 0 Å². The third kappa shape index (κ3) is 4.44. The van der Waals surface area contributed by atoms with E-state index in [4.69, 9.17) is 11.6 Å². The molecule has 0 fully saturated rings. The van der Waals surface area contributed by atoms with Gasteiger partial charge < -0.3 is 10.6 Å². The molecule has 1 amide bonds. The van der Waals surface area contributed by atoms with E-state index in [9.17, 15) is 4.79 Å². The smallest absolute Gasteiger partial charge is 0.274 e. The number of amides is 1. The summed E-state index contributed by atoms with van der Waals surface area (Å²) in [5.74, 6) is 0.410. The highest BCUT2D eigenvalue weighted by Crippen LogP contribution is 2.26. The molecule has 0 saturated carbocycles. The molecule has 110 valence electrons. The molecule has 6 heteroatoms. The summed E-state index contributed by atoms with van der Waals surface area (Å²) < 4.78 is 0.764. The number of carbonyl (C=O) groups excluding carboxylic acids is 1. The molecule has 0 radical (unpaired) electrons. The van der Waals surface area contributed by atoms with Gasteiger partial charge in [-0.1, -0.05) is 24.6 Å². The van der Waals surface area contributed by atoms with Crippen LogP contribution in [0, 0.1) is 0 Å². The highest BCUT2D eigenvalue weighted by molar-refractivity contribution is 9.10. The number of carbonyl (C=O) groups is 1. The molecule has 2 aromatic rings. The Balaban J connectivity index is 2.14. The van der Waals surface area contributed by atoms with Crippen molar-refractivity contribution in [3.05, 3.63) is 51.6 Å². The number of nitrogens with zero attached hydrogens (tertiary/aromatic N) is 1. The number of pyridine rings is 1. The van der Waals surface area contributed by atoms with E-state index in [1.54, 1.807) is 30.3 Å². The minimum atomic E-state index is -0.280. The third-order valence-corrected chi connectivity index (χ3v) is 3.64. The van der Waals surface area contributed by atoms with Crippen molar-refractivity contribution in [2.45, 2.75) is 13.3 Å². The fourth-order valence-corrected chi connectivity index (χ4v) is 2.21. The first-order valence-electron chi connectivity index (χ1n) is 6.57. The van der Waals surface area contributed by atoms with Crippen molar-refractivity contribution in [2.75, 3.05) is 17.2 Å². The molecule has 0 aliphatic heterocycles. The van der Waals surface area contributed by atoms with Gasteiger partial charge in [-0.3, -0.25) is 4.79 Å². The Kier molecular flexibility index (Phi) is 5.59. The zero-order valence-corrected chi connectivity index (χ0v) is 13.8. The second-order valence-electron chi connectivity index (χ2n) is 4.41. The van der Waals surface area contributed by atoms with E-state index in [0.29, 0.717) is 22.2 Å². The molecule has 0 bridgehead atoms. The minimum Gasteiger partial charge on any atom is -0.370 e. The molecule has 1 heterocycles. The van der Waals surface area contributed by atoms with Gasteiger partial charge in [-0.25, -0.2) is 4.98 Å². The van der Waals surface area contributed by atoms with Crippen molar-refractivity contribution in [2.24, 2.45) is 0 Å². The normalized spacial score (nSPS) is 10.2. The van der Waals surface area contributed by atoms with Crippen LogP contribution in [0.25, 0.3) is 0 Å². The fourth-order valence-electron chi connectivity index (χ4n) is 1.69. The largest absolute Gasteiger partial charge is 0.370 e. The van der Waals surface area contributed by atoms with Gasteiger partial charge in [0.05, 0.1) is 5.69 Å². The summed E-state index contributed by atoms with van der Waals surface area (Å²) in [5, 5.41) is 6.50. The Morgan fingerprint density at radius 2 is 2.14 bits per heavy atom. The molecule has 2 rings (SSSR count). The number of halogens is 2. The Bertz CT molecular complexity index is 649. The number of hydrogen-bond acceptors (Lipinski definition) is 3. The number of rotatable bonds is 5. The molecule has 4 nitrogen and oxygen atoms in total. The van der Waals surface area contributed by atoms with Crippen LogP contribution < -0.4 is 10.6 Å². The molecule has 21 heavy (non-hydrogen) atoms. The van der Waals surface area contributed by atoms with Crippen LogP contribution in [-0.2, 0) is 0 Å². The van der Waals surface area contributed by atoms with Crippen LogP contribution in [0.2, 0.25) is 5.02 Å². The van der Waals surface area contributed by atoms with Gasteiger partial charge in [-0.2, -0.15) is 0 Å². The van der Waals surface area contributed by atoms with Crippen LogP contribution in [0.3, 0.4) is 0 Å². The van der Waals surface area contributed by atoms with Crippen LogP contribution >= 0.6 is 27.5 Å². The number of nitrogens with one attached hydrogen (secondary N) is 2. The van der Waals surface area contributed by atoms with Crippen molar-refractivity contribution in [3.8, 4) is 0 Å². The van der Waals surface area contributed by atoms with Crippen LogP contribution in [0.5, 0.6) is 0 Å². The lowest BCUT2D eigenvalue weighted by molar-refractivity contribution is 0.102. The van der Waals surface area contributed by atoms with E-state index in [1.807, 2.05) is 6.07 Å². The van der Waals surface area contributed by atoms with Crippen LogP contribution in [0.4, 0.5) is 11.5 Å². The van der Waals surface area contributed by atoms with E-state index in [1.165, 1.54) is 0 Å². The molecular formula is C15H15BrClN3O. The Morgan fingerprint density at radius 3 is 2.90 bits per heavy atom. The van der Waals surface area contributed by atoms with Crippen molar-refractivity contribution in [1.29, 1.82) is 0 Å². The summed E-state index contributed by atoms with van der Waals surface area (Å²) in [5.41, 5.74) is 0.962. The fraction of sp³-hybridized carbons (Fsp3) is 0.200. The van der Waals surface area contributed by atoms with Crippen molar-refractivity contribution >= 4 is 44.9 Å². The summed E-state index contributed by atoms with van der Waals surface area (Å²) in [6.07, 6.45) is 0.994. The molecule has 0 aliphatic rings. The maximum Gasteiger partial charge on any atom is 0.274 e. The SMILES string of the molecule is CCCNc1cccc(C(=O)Nc2cc(Cl)ccc2Br)n1. The van der Waals surface area contributed by atoms with E-state index in [0.717, 1.165) is 17.4 Å². The second kappa shape index (κ2) is 7.43. The maximum atomic E-state index is 12.2. The average molecular weight is 369 g/mol. The first-order chi connectivity index (χ1) is 10.1. The minimum absolute atomic E-state index is 0.280. The lowest BCUT2D eigenvalue weighted by atomic mass is 10.3. The van der Waals surface area contributed by atoms with Crippen molar-refractivity contribution < 1.29 is 4.79 Å². The van der Waals surface area contributed by atoms with Gasteiger partial charge in [-0.05, 0) is 52.7 Å². The average Bonchev–Trinajstić information content (AvgIpc) is 2.49. The summed E-state index contributed by atoms with van der Waals surface area (Å²) in [4.78, 5) is 16.5. The Hall–Kier alpha value is -1.59. The number of aromatic nitrogens is 1. The van der Waals surface area contributed by atoms with Crippen molar-refractivity contribution in [1.82, 2.24) is 4.98 Å². The first kappa shape index (κ1) is 15.8. The lowest BCUT2D eigenvalue weighted by Crippen LogP contribution is -2.15. The topological polar surface area (TPSA) is 54.0 Å². The summed E-state index contributed by atoms with van der Waals surface area (Å²) >= 11 is 9.30. The number of benzene rings is 1. The van der Waals surface area contributed by atoms with E-state index in [-0.39, 0.29) is 5.91 Å². The Morgan fingerprint density at radius 1 is 1.33 bits per heavy atom. The monoisotopic (exact) mass is 367 g/mol. The third-order valence-electron chi connectivity index (χ3n) is 2.71. The molecule has 1 aromatic carbocycles. The second-order valence-corrected chi connectivity index (χ2v) is 5.70. The highest BCUT2D eigenvalue weighted by Gasteiger charge is 2.10. The van der Waals surface area contributed by atoms with Crippen LogP contribution in [0.15, 0.2) is 40.9 Å². The van der Waals surface area contributed by atoms with Gasteiger partial charge >= 0.3 is 0 Å². The molecule has 0 atom stereocenters. The Labute approximate surface area is 137 Å². The highest BCUT2D eigenvalue weighted by atomic mass is 79.9.